The Morgan fingerprint density at radius 2 is 2.11 bits per heavy atom. The van der Waals surface area contributed by atoms with Gasteiger partial charge in [-0.05, 0) is 12.5 Å². The van der Waals surface area contributed by atoms with E-state index in [1.165, 1.54) is 5.56 Å². The van der Waals surface area contributed by atoms with Gasteiger partial charge in [0.15, 0.2) is 5.76 Å². The standard InChI is InChI=1S/C15H19N3O/c1-11-7-13(19-17-11)8-18-9-14(15(16)10-18)12-5-3-2-4-6-12/h2-7,14-15H,8-10,16H2,1H3/t14-,15+/m0/s1. The van der Waals surface area contributed by atoms with E-state index in [2.05, 4.69) is 34.3 Å². The van der Waals surface area contributed by atoms with E-state index in [1.807, 2.05) is 19.1 Å². The summed E-state index contributed by atoms with van der Waals surface area (Å²) in [5.41, 5.74) is 8.53. The van der Waals surface area contributed by atoms with Gasteiger partial charge in [-0.2, -0.15) is 0 Å². The number of aromatic nitrogens is 1. The molecule has 0 aliphatic carbocycles. The van der Waals surface area contributed by atoms with E-state index >= 15 is 0 Å². The minimum atomic E-state index is 0.186. The van der Waals surface area contributed by atoms with Crippen LogP contribution in [-0.2, 0) is 6.54 Å². The maximum Gasteiger partial charge on any atom is 0.150 e. The molecule has 2 heterocycles. The molecule has 0 amide bonds. The Hall–Kier alpha value is -1.65. The second-order valence-corrected chi connectivity index (χ2v) is 5.31. The van der Waals surface area contributed by atoms with E-state index in [9.17, 15) is 0 Å². The van der Waals surface area contributed by atoms with Crippen molar-refractivity contribution in [2.45, 2.75) is 25.4 Å². The molecule has 1 aromatic heterocycles. The van der Waals surface area contributed by atoms with Crippen molar-refractivity contribution in [2.75, 3.05) is 13.1 Å². The number of likely N-dealkylation sites (tertiary alicyclic amines) is 1. The molecule has 0 radical (unpaired) electrons. The molecule has 1 aliphatic rings. The van der Waals surface area contributed by atoms with Gasteiger partial charge >= 0.3 is 0 Å². The largest absolute Gasteiger partial charge is 0.360 e. The highest BCUT2D eigenvalue weighted by molar-refractivity contribution is 5.23. The number of benzene rings is 1. The van der Waals surface area contributed by atoms with Crippen LogP contribution in [0, 0.1) is 6.92 Å². The van der Waals surface area contributed by atoms with Crippen LogP contribution >= 0.6 is 0 Å². The van der Waals surface area contributed by atoms with Crippen molar-refractivity contribution in [1.29, 1.82) is 0 Å². The molecule has 0 bridgehead atoms. The summed E-state index contributed by atoms with van der Waals surface area (Å²) in [5.74, 6) is 1.32. The molecule has 0 spiro atoms. The first-order valence-electron chi connectivity index (χ1n) is 6.67. The van der Waals surface area contributed by atoms with Crippen molar-refractivity contribution in [2.24, 2.45) is 5.73 Å². The molecule has 2 aromatic rings. The topological polar surface area (TPSA) is 55.3 Å². The van der Waals surface area contributed by atoms with Gasteiger partial charge in [0.1, 0.15) is 0 Å². The van der Waals surface area contributed by atoms with Gasteiger partial charge < -0.3 is 10.3 Å². The molecule has 4 heteroatoms. The molecule has 1 aromatic carbocycles. The van der Waals surface area contributed by atoms with Crippen molar-refractivity contribution >= 4 is 0 Å². The average Bonchev–Trinajstić information content (AvgIpc) is 2.97. The SMILES string of the molecule is Cc1cc(CN2C[C@@H](N)[C@H](c3ccccc3)C2)on1. The van der Waals surface area contributed by atoms with E-state index < -0.39 is 0 Å². The summed E-state index contributed by atoms with van der Waals surface area (Å²) in [5, 5.41) is 3.92. The zero-order valence-corrected chi connectivity index (χ0v) is 11.1. The first-order valence-corrected chi connectivity index (χ1v) is 6.67. The molecule has 3 rings (SSSR count). The fourth-order valence-electron chi connectivity index (χ4n) is 2.81. The molecule has 4 nitrogen and oxygen atoms in total. The van der Waals surface area contributed by atoms with Gasteiger partial charge in [-0.25, -0.2) is 0 Å². The minimum Gasteiger partial charge on any atom is -0.360 e. The highest BCUT2D eigenvalue weighted by atomic mass is 16.5. The van der Waals surface area contributed by atoms with Crippen molar-refractivity contribution in [3.05, 3.63) is 53.4 Å². The van der Waals surface area contributed by atoms with Crippen LogP contribution in [0.3, 0.4) is 0 Å². The van der Waals surface area contributed by atoms with Gasteiger partial charge in [0.05, 0.1) is 12.2 Å². The van der Waals surface area contributed by atoms with Gasteiger partial charge in [-0.1, -0.05) is 35.5 Å². The quantitative estimate of drug-likeness (QED) is 0.912. The molecule has 1 saturated heterocycles. The third kappa shape index (κ3) is 2.69. The predicted octanol–water partition coefficient (Wildman–Crippen LogP) is 1.91. The minimum absolute atomic E-state index is 0.186. The molecule has 1 aliphatic heterocycles. The zero-order chi connectivity index (χ0) is 13.2. The normalized spacial score (nSPS) is 23.9. The monoisotopic (exact) mass is 257 g/mol. The molecule has 0 unspecified atom stereocenters. The van der Waals surface area contributed by atoms with E-state index in [1.54, 1.807) is 0 Å². The summed E-state index contributed by atoms with van der Waals surface area (Å²) in [6.07, 6.45) is 0. The van der Waals surface area contributed by atoms with E-state index in [4.69, 9.17) is 10.3 Å². The molecule has 2 N–H and O–H groups in total. The molecule has 1 fully saturated rings. The van der Waals surface area contributed by atoms with Gasteiger partial charge in [0.25, 0.3) is 0 Å². The van der Waals surface area contributed by atoms with Crippen molar-refractivity contribution in [3.63, 3.8) is 0 Å². The van der Waals surface area contributed by atoms with Crippen LogP contribution in [-0.4, -0.2) is 29.2 Å². The summed E-state index contributed by atoms with van der Waals surface area (Å²) in [6.45, 7) is 4.61. The first kappa shape index (κ1) is 12.4. The summed E-state index contributed by atoms with van der Waals surface area (Å²) >= 11 is 0. The molecular weight excluding hydrogens is 238 g/mol. The lowest BCUT2D eigenvalue weighted by Crippen LogP contribution is -2.28. The molecule has 2 atom stereocenters. The maximum absolute atomic E-state index is 6.27. The fourth-order valence-corrected chi connectivity index (χ4v) is 2.81. The highest BCUT2D eigenvalue weighted by Crippen LogP contribution is 2.27. The van der Waals surface area contributed by atoms with Crippen LogP contribution in [0.1, 0.15) is 22.9 Å². The smallest absolute Gasteiger partial charge is 0.150 e. The van der Waals surface area contributed by atoms with Crippen LogP contribution in [0.25, 0.3) is 0 Å². The third-order valence-electron chi connectivity index (χ3n) is 3.72. The van der Waals surface area contributed by atoms with Crippen molar-refractivity contribution in [1.82, 2.24) is 10.1 Å². The number of hydrogen-bond acceptors (Lipinski definition) is 4. The molecule has 100 valence electrons. The Balaban J connectivity index is 1.68. The lowest BCUT2D eigenvalue weighted by atomic mass is 9.95. The van der Waals surface area contributed by atoms with Gasteiger partial charge in [-0.3, -0.25) is 4.90 Å². The molecular formula is C15H19N3O. The Kier molecular flexibility index (Phi) is 3.36. The number of rotatable bonds is 3. The first-order chi connectivity index (χ1) is 9.22. The number of nitrogens with two attached hydrogens (primary N) is 1. The second-order valence-electron chi connectivity index (χ2n) is 5.31. The van der Waals surface area contributed by atoms with Crippen LogP contribution < -0.4 is 5.73 Å². The number of aryl methyl sites for hydroxylation is 1. The fraction of sp³-hybridized carbons (Fsp3) is 0.400. The van der Waals surface area contributed by atoms with E-state index in [-0.39, 0.29) is 6.04 Å². The van der Waals surface area contributed by atoms with E-state index in [0.717, 1.165) is 31.1 Å². The Bertz CT molecular complexity index is 537. The molecule has 19 heavy (non-hydrogen) atoms. The zero-order valence-electron chi connectivity index (χ0n) is 11.1. The summed E-state index contributed by atoms with van der Waals surface area (Å²) in [7, 11) is 0. The number of hydrogen-bond donors (Lipinski definition) is 1. The van der Waals surface area contributed by atoms with E-state index in [0.29, 0.717) is 5.92 Å². The lowest BCUT2D eigenvalue weighted by Gasteiger charge is -2.14. The summed E-state index contributed by atoms with van der Waals surface area (Å²) in [6, 6.07) is 12.7. The second kappa shape index (κ2) is 5.15. The Morgan fingerprint density at radius 3 is 2.79 bits per heavy atom. The van der Waals surface area contributed by atoms with Crippen molar-refractivity contribution in [3.8, 4) is 0 Å². The Morgan fingerprint density at radius 1 is 1.32 bits per heavy atom. The Labute approximate surface area is 113 Å². The molecule has 0 saturated carbocycles. The average molecular weight is 257 g/mol. The van der Waals surface area contributed by atoms with Gasteiger partial charge in [0.2, 0.25) is 0 Å². The summed E-state index contributed by atoms with van der Waals surface area (Å²) in [4.78, 5) is 2.34. The van der Waals surface area contributed by atoms with Crippen LogP contribution in [0.4, 0.5) is 0 Å². The third-order valence-corrected chi connectivity index (χ3v) is 3.72. The highest BCUT2D eigenvalue weighted by Gasteiger charge is 2.31. The predicted molar refractivity (Wildman–Crippen MR) is 73.7 cm³/mol. The van der Waals surface area contributed by atoms with Crippen LogP contribution in [0.15, 0.2) is 40.9 Å². The van der Waals surface area contributed by atoms with Crippen LogP contribution in [0.2, 0.25) is 0 Å². The van der Waals surface area contributed by atoms with Gasteiger partial charge in [-0.15, -0.1) is 0 Å². The van der Waals surface area contributed by atoms with Crippen LogP contribution in [0.5, 0.6) is 0 Å². The maximum atomic E-state index is 6.27. The summed E-state index contributed by atoms with van der Waals surface area (Å²) < 4.78 is 5.27. The lowest BCUT2D eigenvalue weighted by molar-refractivity contribution is 0.269. The van der Waals surface area contributed by atoms with Crippen molar-refractivity contribution < 1.29 is 4.52 Å². The number of nitrogens with zero attached hydrogens (tertiary/aromatic N) is 2. The van der Waals surface area contributed by atoms with Gasteiger partial charge in [0, 0.05) is 31.1 Å².